The molecular formula is C20H29BrN4O. The Morgan fingerprint density at radius 3 is 2.88 bits per heavy atom. The second-order valence-corrected chi connectivity index (χ2v) is 9.24. The van der Waals surface area contributed by atoms with Crippen molar-refractivity contribution < 1.29 is 4.79 Å². The van der Waals surface area contributed by atoms with Crippen molar-refractivity contribution in [1.29, 1.82) is 0 Å². The number of carbonyl (C=O) groups is 1. The fourth-order valence-electron chi connectivity index (χ4n) is 4.75. The molecule has 0 radical (unpaired) electrons. The van der Waals surface area contributed by atoms with Crippen LogP contribution in [0.1, 0.15) is 50.5 Å². The average Bonchev–Trinajstić information content (AvgIpc) is 3.13. The molecule has 1 saturated carbocycles. The van der Waals surface area contributed by atoms with Crippen LogP contribution in [0, 0.1) is 5.41 Å². The van der Waals surface area contributed by atoms with Gasteiger partial charge in [0.05, 0.1) is 6.04 Å². The number of amides is 1. The number of piperidine rings is 1. The van der Waals surface area contributed by atoms with E-state index < -0.39 is 0 Å². The van der Waals surface area contributed by atoms with E-state index in [0.29, 0.717) is 11.5 Å². The van der Waals surface area contributed by atoms with Gasteiger partial charge in [-0.1, -0.05) is 25.3 Å². The number of rotatable bonds is 0. The van der Waals surface area contributed by atoms with Crippen molar-refractivity contribution in [1.82, 2.24) is 15.2 Å². The molecule has 2 fully saturated rings. The number of hydrogen-bond acceptors (Lipinski definition) is 4. The topological polar surface area (TPSA) is 57.3 Å². The van der Waals surface area contributed by atoms with E-state index in [4.69, 9.17) is 0 Å². The van der Waals surface area contributed by atoms with E-state index in [1.54, 1.807) is 0 Å². The number of pyridine rings is 1. The van der Waals surface area contributed by atoms with Crippen LogP contribution in [0.3, 0.4) is 0 Å². The Kier molecular flexibility index (Phi) is 5.35. The Bertz CT molecular complexity index is 682. The number of fused-ring (bicyclic) bond motifs is 2. The third kappa shape index (κ3) is 3.97. The lowest BCUT2D eigenvalue weighted by Crippen LogP contribution is -2.38. The van der Waals surface area contributed by atoms with Gasteiger partial charge in [-0.15, -0.1) is 0 Å². The van der Waals surface area contributed by atoms with Crippen LogP contribution in [-0.4, -0.2) is 48.0 Å². The van der Waals surface area contributed by atoms with Gasteiger partial charge in [-0.3, -0.25) is 4.79 Å². The van der Waals surface area contributed by atoms with Gasteiger partial charge in [-0.05, 0) is 73.3 Å². The number of anilines is 1. The Morgan fingerprint density at radius 2 is 2.00 bits per heavy atom. The summed E-state index contributed by atoms with van der Waals surface area (Å²) in [6.07, 6.45) is 9.39. The zero-order valence-corrected chi connectivity index (χ0v) is 17.1. The average molecular weight is 421 g/mol. The van der Waals surface area contributed by atoms with Crippen LogP contribution in [0.4, 0.5) is 5.82 Å². The highest BCUT2D eigenvalue weighted by Crippen LogP contribution is 2.55. The van der Waals surface area contributed by atoms with Crippen LogP contribution in [0.5, 0.6) is 0 Å². The van der Waals surface area contributed by atoms with Gasteiger partial charge in [0.15, 0.2) is 0 Å². The molecule has 1 saturated heterocycles. The number of nitrogens with zero attached hydrogens (tertiary/aromatic N) is 2. The summed E-state index contributed by atoms with van der Waals surface area (Å²) in [5, 5.41) is 6.65. The maximum Gasteiger partial charge on any atom is 0.242 e. The van der Waals surface area contributed by atoms with Crippen molar-refractivity contribution in [2.45, 2.75) is 63.5 Å². The van der Waals surface area contributed by atoms with E-state index in [2.05, 4.69) is 49.6 Å². The van der Waals surface area contributed by atoms with Gasteiger partial charge in [0.25, 0.3) is 0 Å². The molecule has 142 valence electrons. The minimum Gasteiger partial charge on any atom is -0.309 e. The molecule has 4 rings (SSSR count). The predicted octanol–water partition coefficient (Wildman–Crippen LogP) is 3.34. The van der Waals surface area contributed by atoms with Crippen LogP contribution >= 0.6 is 15.9 Å². The molecule has 3 atom stereocenters. The normalized spacial score (nSPS) is 33.2. The molecule has 1 amide bonds. The summed E-state index contributed by atoms with van der Waals surface area (Å²) in [5.41, 5.74) is 1.45. The van der Waals surface area contributed by atoms with Gasteiger partial charge in [0.2, 0.25) is 5.91 Å². The Hall–Kier alpha value is -0.980. The van der Waals surface area contributed by atoms with Crippen LogP contribution in [0.15, 0.2) is 16.7 Å². The van der Waals surface area contributed by atoms with E-state index in [1.807, 2.05) is 6.07 Å². The van der Waals surface area contributed by atoms with E-state index in [-0.39, 0.29) is 11.9 Å². The zero-order valence-electron chi connectivity index (χ0n) is 15.6. The third-order valence-corrected chi connectivity index (χ3v) is 6.72. The smallest absolute Gasteiger partial charge is 0.242 e. The van der Waals surface area contributed by atoms with E-state index >= 15 is 0 Å². The monoisotopic (exact) mass is 420 g/mol. The van der Waals surface area contributed by atoms with Crippen molar-refractivity contribution in [3.05, 3.63) is 22.3 Å². The van der Waals surface area contributed by atoms with Crippen molar-refractivity contribution in [3.63, 3.8) is 0 Å². The van der Waals surface area contributed by atoms with Gasteiger partial charge in [-0.2, -0.15) is 0 Å². The van der Waals surface area contributed by atoms with Gasteiger partial charge < -0.3 is 15.5 Å². The van der Waals surface area contributed by atoms with Gasteiger partial charge in [0, 0.05) is 18.0 Å². The summed E-state index contributed by atoms with van der Waals surface area (Å²) in [6, 6.07) is 4.47. The third-order valence-electron chi connectivity index (χ3n) is 6.28. The highest BCUT2D eigenvalue weighted by molar-refractivity contribution is 9.10. The van der Waals surface area contributed by atoms with Crippen LogP contribution in [-0.2, 0) is 11.2 Å². The fraction of sp³-hybridized carbons (Fsp3) is 0.700. The minimum atomic E-state index is -0.0938. The maximum atomic E-state index is 12.8. The van der Waals surface area contributed by atoms with Crippen LogP contribution in [0.2, 0.25) is 0 Å². The zero-order chi connectivity index (χ0) is 18.1. The Balaban J connectivity index is 1.51. The van der Waals surface area contributed by atoms with Crippen molar-refractivity contribution in [3.8, 4) is 0 Å². The number of hydrogen-bond donors (Lipinski definition) is 2. The molecule has 1 aromatic heterocycles. The first-order valence-corrected chi connectivity index (χ1v) is 10.8. The van der Waals surface area contributed by atoms with E-state index in [1.165, 1.54) is 38.6 Å². The molecule has 5 nitrogen and oxygen atoms in total. The largest absolute Gasteiger partial charge is 0.309 e. The first-order valence-electron chi connectivity index (χ1n) is 9.97. The number of aromatic nitrogens is 1. The lowest BCUT2D eigenvalue weighted by Gasteiger charge is -2.23. The highest BCUT2D eigenvalue weighted by Gasteiger charge is 2.61. The molecule has 3 heterocycles. The molecule has 3 aliphatic rings. The van der Waals surface area contributed by atoms with Crippen molar-refractivity contribution >= 4 is 27.7 Å². The molecule has 1 aromatic rings. The van der Waals surface area contributed by atoms with Crippen LogP contribution in [0.25, 0.3) is 0 Å². The summed E-state index contributed by atoms with van der Waals surface area (Å²) >= 11 is 3.44. The number of nitrogens with one attached hydrogen (secondary N) is 2. The number of halogens is 1. The lowest BCUT2D eigenvalue weighted by atomic mass is 9.98. The Morgan fingerprint density at radius 1 is 1.19 bits per heavy atom. The summed E-state index contributed by atoms with van der Waals surface area (Å²) in [7, 11) is 2.23. The first-order chi connectivity index (χ1) is 12.6. The molecule has 26 heavy (non-hydrogen) atoms. The molecule has 2 aliphatic heterocycles. The predicted molar refractivity (Wildman–Crippen MR) is 107 cm³/mol. The van der Waals surface area contributed by atoms with Crippen LogP contribution < -0.4 is 10.6 Å². The molecule has 1 aliphatic carbocycles. The van der Waals surface area contributed by atoms with E-state index in [0.717, 1.165) is 41.8 Å². The first kappa shape index (κ1) is 18.4. The fourth-order valence-corrected chi connectivity index (χ4v) is 5.06. The molecule has 0 unspecified atom stereocenters. The molecule has 6 heteroatoms. The summed E-state index contributed by atoms with van der Waals surface area (Å²) in [4.78, 5) is 19.9. The minimum absolute atomic E-state index is 0.0678. The highest BCUT2D eigenvalue weighted by atomic mass is 79.9. The summed E-state index contributed by atoms with van der Waals surface area (Å²) in [6.45, 7) is 2.28. The molecular weight excluding hydrogens is 392 g/mol. The van der Waals surface area contributed by atoms with Gasteiger partial charge in [-0.25, -0.2) is 4.98 Å². The summed E-state index contributed by atoms with van der Waals surface area (Å²) in [5.74, 6) is 0.795. The molecule has 2 bridgehead atoms. The standard InChI is InChI=1S/C20H29BrN4O/c1-25-10-6-4-2-3-5-7-14-8-9-17(21)23-18(14)24-19(26)15-11-20(13-25)12-16(20)22-15/h8-9,15-16,22H,2-7,10-13H2,1H3,(H,23,24,26)/t15-,16+,20-/m0/s1. The van der Waals surface area contributed by atoms with Gasteiger partial charge >= 0.3 is 0 Å². The number of carbonyl (C=O) groups excluding carboxylic acids is 1. The second kappa shape index (κ2) is 7.56. The maximum absolute atomic E-state index is 12.8. The molecule has 2 N–H and O–H groups in total. The van der Waals surface area contributed by atoms with Crippen molar-refractivity contribution in [2.75, 3.05) is 25.5 Å². The molecule has 0 aromatic carbocycles. The lowest BCUT2D eigenvalue weighted by molar-refractivity contribution is -0.118. The quantitative estimate of drug-likeness (QED) is 0.631. The summed E-state index contributed by atoms with van der Waals surface area (Å²) < 4.78 is 0.770. The number of aryl methyl sites for hydroxylation is 1. The SMILES string of the molecule is CN1CCCCCCCc2ccc(Br)nc2NC(=O)[C@@H]2C[C@]3(C[C@H]3N2)C1. The molecule has 1 spiro atoms. The second-order valence-electron chi connectivity index (χ2n) is 8.43. The van der Waals surface area contributed by atoms with E-state index in [9.17, 15) is 4.79 Å². The van der Waals surface area contributed by atoms with Gasteiger partial charge in [0.1, 0.15) is 10.4 Å². The van der Waals surface area contributed by atoms with Crippen molar-refractivity contribution in [2.24, 2.45) is 5.41 Å². The Labute approximate surface area is 164 Å².